The number of hydrogen-bond donors (Lipinski definition) is 1. The number of nitrogens with one attached hydrogen (secondary N) is 1. The van der Waals surface area contributed by atoms with Gasteiger partial charge in [0, 0.05) is 6.04 Å². The number of ether oxygens (including phenoxy) is 2. The zero-order valence-electron chi connectivity index (χ0n) is 10.2. The summed E-state index contributed by atoms with van der Waals surface area (Å²) in [5.41, 5.74) is 1.32. The van der Waals surface area contributed by atoms with Gasteiger partial charge in [-0.2, -0.15) is 0 Å². The Morgan fingerprint density at radius 3 is 2.82 bits per heavy atom. The monoisotopic (exact) mass is 233 g/mol. The summed E-state index contributed by atoms with van der Waals surface area (Å²) in [6, 6.07) is 6.79. The molecule has 2 unspecified atom stereocenters. The molecule has 1 aromatic carbocycles. The molecule has 0 spiro atoms. The van der Waals surface area contributed by atoms with Crippen molar-refractivity contribution < 1.29 is 9.47 Å². The van der Waals surface area contributed by atoms with E-state index in [1.807, 2.05) is 6.07 Å². The SMILES string of the molecule is CC1CCCNC1c1ccc2c(c1)OCCO2. The van der Waals surface area contributed by atoms with Crippen LogP contribution in [0.4, 0.5) is 0 Å². The summed E-state index contributed by atoms with van der Waals surface area (Å²) < 4.78 is 11.2. The minimum absolute atomic E-state index is 0.458. The molecular weight excluding hydrogens is 214 g/mol. The lowest BCUT2D eigenvalue weighted by Gasteiger charge is -2.31. The quantitative estimate of drug-likeness (QED) is 0.808. The molecule has 92 valence electrons. The Balaban J connectivity index is 1.87. The molecule has 0 bridgehead atoms. The average molecular weight is 233 g/mol. The predicted molar refractivity (Wildman–Crippen MR) is 66.6 cm³/mol. The Labute approximate surface area is 102 Å². The van der Waals surface area contributed by atoms with Crippen LogP contribution in [0.2, 0.25) is 0 Å². The van der Waals surface area contributed by atoms with Gasteiger partial charge in [-0.1, -0.05) is 13.0 Å². The molecule has 3 rings (SSSR count). The van der Waals surface area contributed by atoms with Crippen molar-refractivity contribution in [1.82, 2.24) is 5.32 Å². The Hall–Kier alpha value is -1.22. The second-order valence-electron chi connectivity index (χ2n) is 4.95. The lowest BCUT2D eigenvalue weighted by molar-refractivity contribution is 0.171. The first-order chi connectivity index (χ1) is 8.34. The van der Waals surface area contributed by atoms with E-state index >= 15 is 0 Å². The molecule has 0 aliphatic carbocycles. The molecule has 2 aliphatic rings. The van der Waals surface area contributed by atoms with Gasteiger partial charge in [0.05, 0.1) is 0 Å². The molecule has 3 heteroatoms. The smallest absolute Gasteiger partial charge is 0.161 e. The van der Waals surface area contributed by atoms with Crippen LogP contribution in [0.1, 0.15) is 31.4 Å². The van der Waals surface area contributed by atoms with Gasteiger partial charge >= 0.3 is 0 Å². The normalized spacial score (nSPS) is 27.8. The maximum absolute atomic E-state index is 5.64. The molecule has 17 heavy (non-hydrogen) atoms. The van der Waals surface area contributed by atoms with Crippen LogP contribution in [0, 0.1) is 5.92 Å². The molecule has 2 atom stereocenters. The van der Waals surface area contributed by atoms with Crippen molar-refractivity contribution in [3.8, 4) is 11.5 Å². The highest BCUT2D eigenvalue weighted by Gasteiger charge is 2.23. The van der Waals surface area contributed by atoms with E-state index < -0.39 is 0 Å². The van der Waals surface area contributed by atoms with Gasteiger partial charge in [0.2, 0.25) is 0 Å². The Bertz CT molecular complexity index is 405. The number of piperidine rings is 1. The zero-order chi connectivity index (χ0) is 11.7. The molecule has 1 saturated heterocycles. The third kappa shape index (κ3) is 2.12. The molecule has 3 nitrogen and oxygen atoms in total. The van der Waals surface area contributed by atoms with Gasteiger partial charge in [-0.05, 0) is 43.0 Å². The van der Waals surface area contributed by atoms with E-state index in [0.29, 0.717) is 25.2 Å². The van der Waals surface area contributed by atoms with Gasteiger partial charge in [0.15, 0.2) is 11.5 Å². The van der Waals surface area contributed by atoms with Crippen LogP contribution in [-0.4, -0.2) is 19.8 Å². The maximum atomic E-state index is 5.64. The van der Waals surface area contributed by atoms with E-state index in [9.17, 15) is 0 Å². The Morgan fingerprint density at radius 2 is 2.00 bits per heavy atom. The van der Waals surface area contributed by atoms with Crippen LogP contribution < -0.4 is 14.8 Å². The first-order valence-electron chi connectivity index (χ1n) is 6.47. The molecular formula is C14H19NO2. The highest BCUT2D eigenvalue weighted by atomic mass is 16.6. The fourth-order valence-electron chi connectivity index (χ4n) is 2.75. The van der Waals surface area contributed by atoms with Crippen LogP contribution in [-0.2, 0) is 0 Å². The van der Waals surface area contributed by atoms with E-state index in [4.69, 9.17) is 9.47 Å². The fraction of sp³-hybridized carbons (Fsp3) is 0.571. The number of hydrogen-bond acceptors (Lipinski definition) is 3. The highest BCUT2D eigenvalue weighted by molar-refractivity contribution is 5.44. The molecule has 1 N–H and O–H groups in total. The van der Waals surface area contributed by atoms with E-state index in [1.165, 1.54) is 18.4 Å². The van der Waals surface area contributed by atoms with Crippen LogP contribution in [0.25, 0.3) is 0 Å². The first-order valence-corrected chi connectivity index (χ1v) is 6.47. The molecule has 0 aromatic heterocycles. The zero-order valence-corrected chi connectivity index (χ0v) is 10.2. The summed E-state index contributed by atoms with van der Waals surface area (Å²) in [5, 5.41) is 3.60. The number of rotatable bonds is 1. The second-order valence-corrected chi connectivity index (χ2v) is 4.95. The molecule has 2 heterocycles. The molecule has 0 amide bonds. The van der Waals surface area contributed by atoms with Crippen molar-refractivity contribution >= 4 is 0 Å². The first kappa shape index (κ1) is 10.9. The standard InChI is InChI=1S/C14H19NO2/c1-10-3-2-6-15-14(10)11-4-5-12-13(9-11)17-8-7-16-12/h4-5,9-10,14-15H,2-3,6-8H2,1H3. The molecule has 1 fully saturated rings. The van der Waals surface area contributed by atoms with Crippen molar-refractivity contribution in [2.75, 3.05) is 19.8 Å². The minimum atomic E-state index is 0.458. The summed E-state index contributed by atoms with van der Waals surface area (Å²) in [6.45, 7) is 4.74. The largest absolute Gasteiger partial charge is 0.486 e. The molecule has 1 aromatic rings. The summed E-state index contributed by atoms with van der Waals surface area (Å²) in [6.07, 6.45) is 2.58. The highest BCUT2D eigenvalue weighted by Crippen LogP contribution is 2.36. The number of fused-ring (bicyclic) bond motifs is 1. The van der Waals surface area contributed by atoms with Gasteiger partial charge in [0.25, 0.3) is 0 Å². The van der Waals surface area contributed by atoms with Crippen molar-refractivity contribution in [1.29, 1.82) is 0 Å². The Kier molecular flexibility index (Phi) is 2.93. The topological polar surface area (TPSA) is 30.5 Å². The van der Waals surface area contributed by atoms with E-state index in [-0.39, 0.29) is 0 Å². The van der Waals surface area contributed by atoms with E-state index in [2.05, 4.69) is 24.4 Å². The minimum Gasteiger partial charge on any atom is -0.486 e. The summed E-state index contributed by atoms with van der Waals surface area (Å²) >= 11 is 0. The summed E-state index contributed by atoms with van der Waals surface area (Å²) in [5.74, 6) is 2.46. The van der Waals surface area contributed by atoms with Crippen molar-refractivity contribution in [2.24, 2.45) is 5.92 Å². The summed E-state index contributed by atoms with van der Waals surface area (Å²) in [7, 11) is 0. The van der Waals surface area contributed by atoms with Crippen molar-refractivity contribution in [3.63, 3.8) is 0 Å². The lowest BCUT2D eigenvalue weighted by atomic mass is 9.87. The van der Waals surface area contributed by atoms with Crippen molar-refractivity contribution in [2.45, 2.75) is 25.8 Å². The predicted octanol–water partition coefficient (Wildman–Crippen LogP) is 2.52. The lowest BCUT2D eigenvalue weighted by Crippen LogP contribution is -2.32. The van der Waals surface area contributed by atoms with E-state index in [1.54, 1.807) is 0 Å². The van der Waals surface area contributed by atoms with Crippen LogP contribution in [0.15, 0.2) is 18.2 Å². The fourth-order valence-corrected chi connectivity index (χ4v) is 2.75. The van der Waals surface area contributed by atoms with Crippen molar-refractivity contribution in [3.05, 3.63) is 23.8 Å². The third-order valence-electron chi connectivity index (χ3n) is 3.69. The molecule has 0 radical (unpaired) electrons. The van der Waals surface area contributed by atoms with Crippen LogP contribution in [0.5, 0.6) is 11.5 Å². The third-order valence-corrected chi connectivity index (χ3v) is 3.69. The maximum Gasteiger partial charge on any atom is 0.161 e. The van der Waals surface area contributed by atoms with Gasteiger partial charge in [0.1, 0.15) is 13.2 Å². The van der Waals surface area contributed by atoms with Gasteiger partial charge < -0.3 is 14.8 Å². The number of benzene rings is 1. The molecule has 2 aliphatic heterocycles. The van der Waals surface area contributed by atoms with Gasteiger partial charge in [-0.3, -0.25) is 0 Å². The van der Waals surface area contributed by atoms with Crippen LogP contribution in [0.3, 0.4) is 0 Å². The average Bonchev–Trinajstić information content (AvgIpc) is 2.39. The Morgan fingerprint density at radius 1 is 1.18 bits per heavy atom. The van der Waals surface area contributed by atoms with Gasteiger partial charge in [-0.25, -0.2) is 0 Å². The summed E-state index contributed by atoms with van der Waals surface area (Å²) in [4.78, 5) is 0. The molecule has 0 saturated carbocycles. The van der Waals surface area contributed by atoms with Crippen LogP contribution >= 0.6 is 0 Å². The van der Waals surface area contributed by atoms with E-state index in [0.717, 1.165) is 18.0 Å². The second kappa shape index (κ2) is 4.57. The van der Waals surface area contributed by atoms with Gasteiger partial charge in [-0.15, -0.1) is 0 Å².